The number of benzene rings is 1. The molecule has 0 saturated carbocycles. The molecule has 24 heavy (non-hydrogen) atoms. The highest BCUT2D eigenvalue weighted by Gasteiger charge is 2.23. The van der Waals surface area contributed by atoms with Crippen molar-refractivity contribution in [3.05, 3.63) is 64.1 Å². The average Bonchev–Trinajstić information content (AvgIpc) is 3.00. The summed E-state index contributed by atoms with van der Waals surface area (Å²) in [6.45, 7) is 1.41. The van der Waals surface area contributed by atoms with Crippen LogP contribution in [0.3, 0.4) is 0 Å². The molecule has 1 unspecified atom stereocenters. The summed E-state index contributed by atoms with van der Waals surface area (Å²) < 4.78 is 5.47. The van der Waals surface area contributed by atoms with Gasteiger partial charge in [-0.25, -0.2) is 0 Å². The minimum Gasteiger partial charge on any atom is -0.468 e. The van der Waals surface area contributed by atoms with Crippen molar-refractivity contribution in [1.29, 1.82) is 0 Å². The monoisotopic (exact) mass is 346 g/mol. The third-order valence-electron chi connectivity index (χ3n) is 4.06. The van der Waals surface area contributed by atoms with E-state index in [1.165, 1.54) is 12.1 Å². The van der Waals surface area contributed by atoms with Gasteiger partial charge < -0.3 is 9.32 Å². The molecule has 3 rings (SSSR count). The molecular weight excluding hydrogens is 328 g/mol. The van der Waals surface area contributed by atoms with Crippen molar-refractivity contribution in [3.8, 4) is 0 Å². The van der Waals surface area contributed by atoms with E-state index in [-0.39, 0.29) is 23.3 Å². The number of nitrogens with zero attached hydrogens (tertiary/aromatic N) is 2. The van der Waals surface area contributed by atoms with E-state index in [1.807, 2.05) is 28.8 Å². The first-order chi connectivity index (χ1) is 11.6. The second kappa shape index (κ2) is 7.53. The minimum absolute atomic E-state index is 0.0404. The van der Waals surface area contributed by atoms with Crippen molar-refractivity contribution >= 4 is 23.4 Å². The molecular formula is C17H18N2O4S. The van der Waals surface area contributed by atoms with Crippen molar-refractivity contribution in [3.63, 3.8) is 0 Å². The molecule has 1 aliphatic heterocycles. The molecule has 1 saturated heterocycles. The van der Waals surface area contributed by atoms with Crippen molar-refractivity contribution in [2.45, 2.75) is 18.1 Å². The first-order valence-corrected chi connectivity index (χ1v) is 8.84. The zero-order valence-corrected chi connectivity index (χ0v) is 13.9. The number of non-ortho nitro benzene ring substituents is 1. The summed E-state index contributed by atoms with van der Waals surface area (Å²) in [5.74, 6) is 1.89. The van der Waals surface area contributed by atoms with Crippen molar-refractivity contribution in [2.24, 2.45) is 0 Å². The van der Waals surface area contributed by atoms with Crippen LogP contribution in [0.25, 0.3) is 0 Å². The van der Waals surface area contributed by atoms with Crippen molar-refractivity contribution < 1.29 is 14.1 Å². The number of rotatable bonds is 4. The fourth-order valence-corrected chi connectivity index (χ4v) is 3.92. The highest BCUT2D eigenvalue weighted by Crippen LogP contribution is 2.34. The van der Waals surface area contributed by atoms with Crippen molar-refractivity contribution in [2.75, 3.05) is 18.8 Å². The molecule has 1 aromatic carbocycles. The van der Waals surface area contributed by atoms with Crippen LogP contribution in [0.15, 0.2) is 47.1 Å². The van der Waals surface area contributed by atoms with Gasteiger partial charge in [0.1, 0.15) is 5.76 Å². The zero-order valence-electron chi connectivity index (χ0n) is 13.1. The van der Waals surface area contributed by atoms with Crippen molar-refractivity contribution in [1.82, 2.24) is 4.90 Å². The second-order valence-corrected chi connectivity index (χ2v) is 6.96. The van der Waals surface area contributed by atoms with Gasteiger partial charge in [-0.15, -0.1) is 11.8 Å². The van der Waals surface area contributed by atoms with Crippen LogP contribution in [-0.4, -0.2) is 34.6 Å². The predicted molar refractivity (Wildman–Crippen MR) is 91.9 cm³/mol. The summed E-state index contributed by atoms with van der Waals surface area (Å²) in [7, 11) is 0. The van der Waals surface area contributed by atoms with Crippen LogP contribution in [0.4, 0.5) is 5.69 Å². The second-order valence-electron chi connectivity index (χ2n) is 5.64. The molecule has 0 radical (unpaired) electrons. The van der Waals surface area contributed by atoms with E-state index in [0.29, 0.717) is 13.1 Å². The number of hydrogen-bond acceptors (Lipinski definition) is 5. The summed E-state index contributed by atoms with van der Waals surface area (Å²) >= 11 is 1.81. The van der Waals surface area contributed by atoms with Crippen LogP contribution >= 0.6 is 11.8 Å². The van der Waals surface area contributed by atoms with E-state index in [2.05, 4.69) is 0 Å². The third-order valence-corrected chi connectivity index (χ3v) is 5.35. The lowest BCUT2D eigenvalue weighted by atomic mass is 10.1. The Kier molecular flexibility index (Phi) is 5.20. The van der Waals surface area contributed by atoms with Gasteiger partial charge in [0.25, 0.3) is 5.69 Å². The maximum absolute atomic E-state index is 12.5. The summed E-state index contributed by atoms with van der Waals surface area (Å²) in [6, 6.07) is 10.0. The third kappa shape index (κ3) is 3.97. The zero-order chi connectivity index (χ0) is 16.9. The first-order valence-electron chi connectivity index (χ1n) is 7.79. The lowest BCUT2D eigenvalue weighted by Crippen LogP contribution is -2.34. The van der Waals surface area contributed by atoms with Crippen LogP contribution in [-0.2, 0) is 11.2 Å². The molecule has 2 aromatic rings. The number of carbonyl (C=O) groups is 1. The lowest BCUT2D eigenvalue weighted by Gasteiger charge is -2.20. The lowest BCUT2D eigenvalue weighted by molar-refractivity contribution is -0.384. The molecule has 126 valence electrons. The predicted octanol–water partition coefficient (Wildman–Crippen LogP) is 3.44. The molecule has 0 N–H and O–H groups in total. The number of carbonyl (C=O) groups excluding carboxylic acids is 1. The molecule has 0 aliphatic carbocycles. The van der Waals surface area contributed by atoms with Gasteiger partial charge >= 0.3 is 0 Å². The van der Waals surface area contributed by atoms with Crippen LogP contribution in [0.5, 0.6) is 0 Å². The van der Waals surface area contributed by atoms with Gasteiger partial charge in [0.15, 0.2) is 0 Å². The topological polar surface area (TPSA) is 76.6 Å². The van der Waals surface area contributed by atoms with Gasteiger partial charge in [0.2, 0.25) is 5.91 Å². The van der Waals surface area contributed by atoms with Crippen LogP contribution in [0.1, 0.15) is 23.0 Å². The van der Waals surface area contributed by atoms with Crippen LogP contribution in [0, 0.1) is 10.1 Å². The van der Waals surface area contributed by atoms with Gasteiger partial charge in [-0.1, -0.05) is 12.1 Å². The number of amides is 1. The summed E-state index contributed by atoms with van der Waals surface area (Å²) in [4.78, 5) is 24.6. The fourth-order valence-electron chi connectivity index (χ4n) is 2.74. The Labute approximate surface area is 144 Å². The van der Waals surface area contributed by atoms with E-state index in [0.717, 1.165) is 23.5 Å². The Morgan fingerprint density at radius 1 is 1.29 bits per heavy atom. The van der Waals surface area contributed by atoms with Gasteiger partial charge in [0.05, 0.1) is 22.9 Å². The number of nitro groups is 1. The molecule has 1 aliphatic rings. The minimum atomic E-state index is -0.438. The van der Waals surface area contributed by atoms with Gasteiger partial charge in [0, 0.05) is 31.0 Å². The number of thioether (sulfide) groups is 1. The van der Waals surface area contributed by atoms with Gasteiger partial charge in [-0.05, 0) is 24.1 Å². The molecule has 1 amide bonds. The SMILES string of the molecule is O=C(Cc1ccc([N+](=O)[O-])cc1)N1CCSC(c2ccco2)CC1. The largest absolute Gasteiger partial charge is 0.468 e. The molecule has 7 heteroatoms. The van der Waals surface area contributed by atoms with E-state index < -0.39 is 4.92 Å². The molecule has 0 spiro atoms. The molecule has 1 atom stereocenters. The van der Waals surface area contributed by atoms with Gasteiger partial charge in [-0.3, -0.25) is 14.9 Å². The molecule has 0 bridgehead atoms. The highest BCUT2D eigenvalue weighted by molar-refractivity contribution is 7.99. The smallest absolute Gasteiger partial charge is 0.269 e. The maximum atomic E-state index is 12.5. The number of furan rings is 1. The summed E-state index contributed by atoms with van der Waals surface area (Å²) in [5, 5.41) is 11.0. The Bertz CT molecular complexity index is 700. The number of hydrogen-bond donors (Lipinski definition) is 0. The summed E-state index contributed by atoms with van der Waals surface area (Å²) in [5.41, 5.74) is 0.837. The Hall–Kier alpha value is -2.28. The maximum Gasteiger partial charge on any atom is 0.269 e. The van der Waals surface area contributed by atoms with Gasteiger partial charge in [-0.2, -0.15) is 0 Å². The molecule has 1 aromatic heterocycles. The Balaban J connectivity index is 1.58. The fraction of sp³-hybridized carbons (Fsp3) is 0.353. The molecule has 6 nitrogen and oxygen atoms in total. The highest BCUT2D eigenvalue weighted by atomic mass is 32.2. The Morgan fingerprint density at radius 3 is 2.75 bits per heavy atom. The summed E-state index contributed by atoms with van der Waals surface area (Å²) in [6.07, 6.45) is 2.82. The normalized spacial score (nSPS) is 18.2. The van der Waals surface area contributed by atoms with E-state index in [4.69, 9.17) is 4.42 Å². The van der Waals surface area contributed by atoms with E-state index >= 15 is 0 Å². The quantitative estimate of drug-likeness (QED) is 0.626. The van der Waals surface area contributed by atoms with Crippen LogP contribution in [0.2, 0.25) is 0 Å². The standard InChI is InChI=1S/C17H18N2O4S/c20-17(12-13-3-5-14(6-4-13)19(21)22)18-8-7-16(24-11-9-18)15-2-1-10-23-15/h1-6,10,16H,7-9,11-12H2. The Morgan fingerprint density at radius 2 is 2.08 bits per heavy atom. The molecule has 2 heterocycles. The first kappa shape index (κ1) is 16.6. The van der Waals surface area contributed by atoms with Crippen LogP contribution < -0.4 is 0 Å². The van der Waals surface area contributed by atoms with E-state index in [9.17, 15) is 14.9 Å². The van der Waals surface area contributed by atoms with E-state index in [1.54, 1.807) is 18.4 Å². The average molecular weight is 346 g/mol. The number of nitro benzene ring substituents is 1. The molecule has 1 fully saturated rings.